The lowest BCUT2D eigenvalue weighted by atomic mass is 10.1. The van der Waals surface area contributed by atoms with Crippen molar-refractivity contribution in [3.05, 3.63) is 45.4 Å². The summed E-state index contributed by atoms with van der Waals surface area (Å²) in [7, 11) is 1.97. The van der Waals surface area contributed by atoms with Crippen LogP contribution in [0.25, 0.3) is 0 Å². The van der Waals surface area contributed by atoms with E-state index >= 15 is 0 Å². The normalized spacial score (nSPS) is 11.1. The molecule has 1 aromatic carbocycles. The van der Waals surface area contributed by atoms with Gasteiger partial charge in [-0.25, -0.2) is 4.98 Å². The monoisotopic (exact) mass is 290 g/mol. The van der Waals surface area contributed by atoms with E-state index in [-0.39, 0.29) is 0 Å². The van der Waals surface area contributed by atoms with Crippen molar-refractivity contribution in [2.24, 2.45) is 0 Å². The van der Waals surface area contributed by atoms with Crippen molar-refractivity contribution in [1.82, 2.24) is 10.3 Å². The summed E-state index contributed by atoms with van der Waals surface area (Å²) < 4.78 is 5.88. The molecule has 0 fully saturated rings. The Hall–Kier alpha value is -1.39. The lowest BCUT2D eigenvalue weighted by Gasteiger charge is -2.06. The molecule has 0 saturated carbocycles. The highest BCUT2D eigenvalue weighted by molar-refractivity contribution is 7.11. The molecule has 0 bridgehead atoms. The van der Waals surface area contributed by atoms with Crippen LogP contribution in [0.5, 0.6) is 5.75 Å². The fourth-order valence-electron chi connectivity index (χ4n) is 2.07. The zero-order chi connectivity index (χ0) is 14.5. The van der Waals surface area contributed by atoms with E-state index < -0.39 is 0 Å². The molecule has 20 heavy (non-hydrogen) atoms. The van der Waals surface area contributed by atoms with Gasteiger partial charge in [0.2, 0.25) is 0 Å². The topological polar surface area (TPSA) is 34.1 Å². The van der Waals surface area contributed by atoms with Crippen LogP contribution in [0.3, 0.4) is 0 Å². The molecule has 0 radical (unpaired) electrons. The van der Waals surface area contributed by atoms with Gasteiger partial charge in [-0.15, -0.1) is 11.3 Å². The zero-order valence-corrected chi connectivity index (χ0v) is 13.4. The van der Waals surface area contributed by atoms with Crippen LogP contribution < -0.4 is 10.1 Å². The molecule has 0 aliphatic heterocycles. The van der Waals surface area contributed by atoms with Gasteiger partial charge in [-0.2, -0.15) is 0 Å². The van der Waals surface area contributed by atoms with Crippen LogP contribution >= 0.6 is 11.3 Å². The predicted octanol–water partition coefficient (Wildman–Crippen LogP) is 3.87. The third-order valence-electron chi connectivity index (χ3n) is 3.10. The molecule has 4 heteroatoms. The molecule has 0 unspecified atom stereocenters. The maximum Gasteiger partial charge on any atom is 0.140 e. The van der Waals surface area contributed by atoms with E-state index in [1.54, 1.807) is 11.3 Å². The van der Waals surface area contributed by atoms with Gasteiger partial charge in [-0.05, 0) is 31.5 Å². The minimum absolute atomic E-state index is 0.446. The molecule has 0 aliphatic carbocycles. The number of para-hydroxylation sites is 1. The molecule has 2 aromatic rings. The van der Waals surface area contributed by atoms with E-state index in [4.69, 9.17) is 9.72 Å². The largest absolute Gasteiger partial charge is 0.486 e. The number of thiazole rings is 1. The fourth-order valence-corrected chi connectivity index (χ4v) is 3.22. The summed E-state index contributed by atoms with van der Waals surface area (Å²) in [5, 5.41) is 4.25. The van der Waals surface area contributed by atoms with Crippen molar-refractivity contribution in [3.8, 4) is 5.75 Å². The highest BCUT2D eigenvalue weighted by atomic mass is 32.1. The quantitative estimate of drug-likeness (QED) is 0.877. The first-order valence-corrected chi connectivity index (χ1v) is 7.75. The number of hydrogen-bond donors (Lipinski definition) is 1. The first kappa shape index (κ1) is 15.0. The van der Waals surface area contributed by atoms with Crippen molar-refractivity contribution >= 4 is 11.3 Å². The number of nitrogens with one attached hydrogen (secondary N) is 1. The van der Waals surface area contributed by atoms with Gasteiger partial charge in [0, 0.05) is 11.4 Å². The molecule has 0 spiro atoms. The first-order chi connectivity index (χ1) is 9.61. The van der Waals surface area contributed by atoms with Crippen molar-refractivity contribution < 1.29 is 4.74 Å². The van der Waals surface area contributed by atoms with E-state index in [1.165, 1.54) is 10.6 Å². The Morgan fingerprint density at radius 1 is 1.30 bits per heavy atom. The predicted molar refractivity (Wildman–Crippen MR) is 84.5 cm³/mol. The molecular formula is C16H22N2OS. The van der Waals surface area contributed by atoms with Crippen LogP contribution in [0.4, 0.5) is 0 Å². The van der Waals surface area contributed by atoms with E-state index in [0.717, 1.165) is 22.9 Å². The molecule has 1 N–H and O–H groups in total. The van der Waals surface area contributed by atoms with E-state index in [2.05, 4.69) is 32.2 Å². The second-order valence-electron chi connectivity index (χ2n) is 5.16. The Morgan fingerprint density at radius 2 is 2.05 bits per heavy atom. The lowest BCUT2D eigenvalue weighted by molar-refractivity contribution is 0.303. The Kier molecular flexibility index (Phi) is 5.15. The Labute approximate surface area is 125 Å². The molecule has 3 nitrogen and oxygen atoms in total. The number of benzene rings is 1. The summed E-state index contributed by atoms with van der Waals surface area (Å²) in [6.45, 7) is 7.83. The van der Waals surface area contributed by atoms with Gasteiger partial charge in [-0.3, -0.25) is 0 Å². The van der Waals surface area contributed by atoms with Crippen LogP contribution in [0.15, 0.2) is 24.3 Å². The average Bonchev–Trinajstić information content (AvgIpc) is 2.82. The minimum atomic E-state index is 0.446. The van der Waals surface area contributed by atoms with Gasteiger partial charge in [0.1, 0.15) is 17.4 Å². The van der Waals surface area contributed by atoms with E-state index in [0.29, 0.717) is 12.5 Å². The minimum Gasteiger partial charge on any atom is -0.486 e. The molecule has 0 saturated heterocycles. The van der Waals surface area contributed by atoms with Crippen LogP contribution in [-0.4, -0.2) is 12.0 Å². The molecule has 1 heterocycles. The van der Waals surface area contributed by atoms with Gasteiger partial charge >= 0.3 is 0 Å². The lowest BCUT2D eigenvalue weighted by Crippen LogP contribution is -2.06. The summed E-state index contributed by atoms with van der Waals surface area (Å²) in [6, 6.07) is 8.08. The molecular weight excluding hydrogens is 268 g/mol. The van der Waals surface area contributed by atoms with Crippen LogP contribution in [0, 0.1) is 6.92 Å². The van der Waals surface area contributed by atoms with Gasteiger partial charge in [0.15, 0.2) is 0 Å². The van der Waals surface area contributed by atoms with Crippen molar-refractivity contribution in [2.75, 3.05) is 7.05 Å². The molecule has 0 amide bonds. The number of aryl methyl sites for hydroxylation is 1. The van der Waals surface area contributed by atoms with Gasteiger partial charge in [0.05, 0.1) is 5.69 Å². The Bertz CT molecular complexity index is 563. The van der Waals surface area contributed by atoms with Gasteiger partial charge in [0.25, 0.3) is 0 Å². The third kappa shape index (κ3) is 3.58. The summed E-state index contributed by atoms with van der Waals surface area (Å²) >= 11 is 1.74. The van der Waals surface area contributed by atoms with E-state index in [1.807, 2.05) is 25.2 Å². The highest BCUT2D eigenvalue weighted by Crippen LogP contribution is 2.26. The summed E-state index contributed by atoms with van der Waals surface area (Å²) in [6.07, 6.45) is 0. The average molecular weight is 290 g/mol. The molecule has 108 valence electrons. The number of rotatable bonds is 6. The zero-order valence-electron chi connectivity index (χ0n) is 12.6. The molecule has 2 rings (SSSR count). The Morgan fingerprint density at radius 3 is 2.70 bits per heavy atom. The summed E-state index contributed by atoms with van der Waals surface area (Å²) in [4.78, 5) is 6.04. The van der Waals surface area contributed by atoms with Crippen molar-refractivity contribution in [3.63, 3.8) is 0 Å². The van der Waals surface area contributed by atoms with Gasteiger partial charge in [-0.1, -0.05) is 32.0 Å². The number of aromatic nitrogens is 1. The van der Waals surface area contributed by atoms with Crippen molar-refractivity contribution in [2.45, 2.75) is 39.8 Å². The van der Waals surface area contributed by atoms with Crippen LogP contribution in [-0.2, 0) is 13.2 Å². The smallest absolute Gasteiger partial charge is 0.140 e. The second-order valence-corrected chi connectivity index (χ2v) is 6.32. The summed E-state index contributed by atoms with van der Waals surface area (Å²) in [5.74, 6) is 1.38. The Balaban J connectivity index is 2.10. The first-order valence-electron chi connectivity index (χ1n) is 6.93. The molecule has 1 aromatic heterocycles. The fraction of sp³-hybridized carbons (Fsp3) is 0.438. The second kappa shape index (κ2) is 6.86. The SMILES string of the molecule is CNCc1sc(COc2ccccc2C)nc1C(C)C. The number of nitrogens with zero attached hydrogens (tertiary/aromatic N) is 1. The van der Waals surface area contributed by atoms with Gasteiger partial charge < -0.3 is 10.1 Å². The van der Waals surface area contributed by atoms with E-state index in [9.17, 15) is 0 Å². The summed E-state index contributed by atoms with van der Waals surface area (Å²) in [5.41, 5.74) is 2.34. The van der Waals surface area contributed by atoms with Crippen LogP contribution in [0.2, 0.25) is 0 Å². The maximum atomic E-state index is 5.88. The highest BCUT2D eigenvalue weighted by Gasteiger charge is 2.14. The molecule has 0 aliphatic rings. The standard InChI is InChI=1S/C16H22N2OS/c1-11(2)16-14(9-17-4)20-15(18-16)10-19-13-8-6-5-7-12(13)3/h5-8,11,17H,9-10H2,1-4H3. The maximum absolute atomic E-state index is 5.88. The number of ether oxygens (including phenoxy) is 1. The molecule has 0 atom stereocenters. The third-order valence-corrected chi connectivity index (χ3v) is 4.15. The number of hydrogen-bond acceptors (Lipinski definition) is 4. The van der Waals surface area contributed by atoms with Crippen molar-refractivity contribution in [1.29, 1.82) is 0 Å². The van der Waals surface area contributed by atoms with Crippen LogP contribution in [0.1, 0.15) is 40.9 Å².